The third-order valence-electron chi connectivity index (χ3n) is 4.96. The number of allylic oxidation sites excluding steroid dienone is 1. The zero-order valence-corrected chi connectivity index (χ0v) is 11.6. The predicted octanol–water partition coefficient (Wildman–Crippen LogP) is 3.84. The van der Waals surface area contributed by atoms with Crippen LogP contribution in [-0.2, 0) is 4.74 Å². The number of hydrogen-bond acceptors (Lipinski definition) is 2. The lowest BCUT2D eigenvalue weighted by molar-refractivity contribution is -0.0155. The van der Waals surface area contributed by atoms with Gasteiger partial charge in [-0.3, -0.25) is 0 Å². The van der Waals surface area contributed by atoms with Crippen molar-refractivity contribution < 1.29 is 9.53 Å². The predicted molar refractivity (Wildman–Crippen MR) is 74.8 cm³/mol. The highest BCUT2D eigenvalue weighted by molar-refractivity contribution is 5.89. The summed E-state index contributed by atoms with van der Waals surface area (Å²) in [6.45, 7) is 5.12. The Labute approximate surface area is 114 Å². The Morgan fingerprint density at radius 1 is 1.32 bits per heavy atom. The van der Waals surface area contributed by atoms with E-state index in [4.69, 9.17) is 4.74 Å². The molecule has 2 heteroatoms. The van der Waals surface area contributed by atoms with Crippen molar-refractivity contribution in [1.82, 2.24) is 0 Å². The molecule has 0 heterocycles. The number of benzene rings is 1. The fraction of sp³-hybridized carbons (Fsp3) is 0.471. The molecule has 1 aromatic carbocycles. The molecule has 3 aliphatic carbocycles. The molecule has 0 radical (unpaired) electrons. The average Bonchev–Trinajstić information content (AvgIpc) is 2.45. The maximum Gasteiger partial charge on any atom is 0.338 e. The van der Waals surface area contributed by atoms with Gasteiger partial charge < -0.3 is 4.74 Å². The van der Waals surface area contributed by atoms with Gasteiger partial charge in [-0.05, 0) is 47.8 Å². The Morgan fingerprint density at radius 2 is 2.05 bits per heavy atom. The average molecular weight is 256 g/mol. The molecule has 0 unspecified atom stereocenters. The SMILES string of the molecule is CC1(C)[C@H]2CC=C(COC(=O)c3ccccc3)[C@@H]1C2. The lowest BCUT2D eigenvalue weighted by Crippen LogP contribution is -2.48. The van der Waals surface area contributed by atoms with E-state index in [2.05, 4.69) is 19.9 Å². The molecule has 0 saturated heterocycles. The van der Waals surface area contributed by atoms with E-state index in [1.807, 2.05) is 18.2 Å². The summed E-state index contributed by atoms with van der Waals surface area (Å²) in [5, 5.41) is 0. The van der Waals surface area contributed by atoms with Gasteiger partial charge in [-0.2, -0.15) is 0 Å². The van der Waals surface area contributed by atoms with Gasteiger partial charge in [0.2, 0.25) is 0 Å². The summed E-state index contributed by atoms with van der Waals surface area (Å²) >= 11 is 0. The maximum atomic E-state index is 11.9. The van der Waals surface area contributed by atoms with E-state index in [0.29, 0.717) is 23.5 Å². The number of fused-ring (bicyclic) bond motifs is 1. The van der Waals surface area contributed by atoms with Gasteiger partial charge in [0.15, 0.2) is 0 Å². The fourth-order valence-corrected chi connectivity index (χ4v) is 3.45. The number of esters is 1. The quantitative estimate of drug-likeness (QED) is 0.606. The fourth-order valence-electron chi connectivity index (χ4n) is 3.45. The minimum atomic E-state index is -0.222. The normalized spacial score (nSPS) is 27.2. The van der Waals surface area contributed by atoms with Crippen LogP contribution in [0, 0.1) is 17.3 Å². The number of carbonyl (C=O) groups is 1. The zero-order chi connectivity index (χ0) is 13.5. The summed E-state index contributed by atoms with van der Waals surface area (Å²) < 4.78 is 5.45. The molecule has 1 aromatic rings. The molecule has 0 spiro atoms. The van der Waals surface area contributed by atoms with E-state index >= 15 is 0 Å². The van der Waals surface area contributed by atoms with Crippen LogP contribution in [0.2, 0.25) is 0 Å². The molecular weight excluding hydrogens is 236 g/mol. The summed E-state index contributed by atoms with van der Waals surface area (Å²) in [4.78, 5) is 11.9. The summed E-state index contributed by atoms with van der Waals surface area (Å²) in [6, 6.07) is 9.20. The van der Waals surface area contributed by atoms with Crippen molar-refractivity contribution in [2.45, 2.75) is 26.7 Å². The van der Waals surface area contributed by atoms with Crippen molar-refractivity contribution in [2.24, 2.45) is 17.3 Å². The van der Waals surface area contributed by atoms with E-state index in [0.717, 1.165) is 12.3 Å². The molecule has 4 rings (SSSR count). The van der Waals surface area contributed by atoms with Gasteiger partial charge in [0.1, 0.15) is 6.61 Å². The van der Waals surface area contributed by atoms with Crippen molar-refractivity contribution in [3.8, 4) is 0 Å². The monoisotopic (exact) mass is 256 g/mol. The second-order valence-corrected chi connectivity index (χ2v) is 6.26. The Balaban J connectivity index is 1.62. The molecule has 0 aromatic heterocycles. The maximum absolute atomic E-state index is 11.9. The molecule has 0 amide bonds. The standard InChI is InChI=1S/C17H20O2/c1-17(2)14-9-8-13(15(17)10-14)11-19-16(18)12-6-4-3-5-7-12/h3-8,14-15H,9-11H2,1-2H3/t14-,15-/m0/s1. The molecule has 1 saturated carbocycles. The first-order chi connectivity index (χ1) is 9.09. The first-order valence-corrected chi connectivity index (χ1v) is 7.00. The van der Waals surface area contributed by atoms with Gasteiger partial charge in [-0.25, -0.2) is 4.79 Å². The van der Waals surface area contributed by atoms with E-state index in [1.54, 1.807) is 12.1 Å². The molecule has 2 bridgehead atoms. The molecular formula is C17H20O2. The van der Waals surface area contributed by atoms with Crippen LogP contribution < -0.4 is 0 Å². The highest BCUT2D eigenvalue weighted by Crippen LogP contribution is 2.59. The molecule has 2 atom stereocenters. The smallest absolute Gasteiger partial charge is 0.338 e. The van der Waals surface area contributed by atoms with E-state index < -0.39 is 0 Å². The third kappa shape index (κ3) is 2.09. The number of hydrogen-bond donors (Lipinski definition) is 0. The Bertz CT molecular complexity index is 513. The number of carbonyl (C=O) groups excluding carboxylic acids is 1. The van der Waals surface area contributed by atoms with Crippen molar-refractivity contribution in [2.75, 3.05) is 6.61 Å². The van der Waals surface area contributed by atoms with E-state index in [1.165, 1.54) is 12.0 Å². The largest absolute Gasteiger partial charge is 0.458 e. The molecule has 100 valence electrons. The van der Waals surface area contributed by atoms with Crippen LogP contribution in [0.5, 0.6) is 0 Å². The van der Waals surface area contributed by atoms with Crippen LogP contribution in [0.1, 0.15) is 37.0 Å². The highest BCUT2D eigenvalue weighted by Gasteiger charge is 2.51. The van der Waals surface area contributed by atoms with Gasteiger partial charge in [0.25, 0.3) is 0 Å². The minimum Gasteiger partial charge on any atom is -0.458 e. The summed E-state index contributed by atoms with van der Waals surface area (Å²) in [5.41, 5.74) is 2.34. The molecule has 2 nitrogen and oxygen atoms in total. The molecule has 3 aliphatic rings. The van der Waals surface area contributed by atoms with E-state index in [9.17, 15) is 4.79 Å². The lowest BCUT2D eigenvalue weighted by atomic mass is 9.49. The Kier molecular flexibility index (Phi) is 2.96. The van der Waals surface area contributed by atoms with Gasteiger partial charge in [-0.15, -0.1) is 0 Å². The van der Waals surface area contributed by atoms with Gasteiger partial charge in [-0.1, -0.05) is 38.1 Å². The minimum absolute atomic E-state index is 0.222. The van der Waals surface area contributed by atoms with Gasteiger partial charge >= 0.3 is 5.97 Å². The summed E-state index contributed by atoms with van der Waals surface area (Å²) in [5.74, 6) is 1.21. The second-order valence-electron chi connectivity index (χ2n) is 6.26. The summed E-state index contributed by atoms with van der Waals surface area (Å²) in [7, 11) is 0. The van der Waals surface area contributed by atoms with E-state index in [-0.39, 0.29) is 5.97 Å². The highest BCUT2D eigenvalue weighted by atomic mass is 16.5. The van der Waals surface area contributed by atoms with Crippen LogP contribution in [0.4, 0.5) is 0 Å². The van der Waals surface area contributed by atoms with Crippen LogP contribution in [0.15, 0.2) is 42.0 Å². The Morgan fingerprint density at radius 3 is 2.68 bits per heavy atom. The lowest BCUT2D eigenvalue weighted by Gasteiger charge is -2.56. The molecule has 1 fully saturated rings. The third-order valence-corrected chi connectivity index (χ3v) is 4.96. The second kappa shape index (κ2) is 4.52. The van der Waals surface area contributed by atoms with Gasteiger partial charge in [0.05, 0.1) is 5.56 Å². The first-order valence-electron chi connectivity index (χ1n) is 7.00. The number of ether oxygens (including phenoxy) is 1. The zero-order valence-electron chi connectivity index (χ0n) is 11.6. The van der Waals surface area contributed by atoms with Gasteiger partial charge in [0, 0.05) is 0 Å². The first kappa shape index (κ1) is 12.5. The van der Waals surface area contributed by atoms with Crippen molar-refractivity contribution >= 4 is 5.97 Å². The van der Waals surface area contributed by atoms with Crippen LogP contribution in [0.3, 0.4) is 0 Å². The molecule has 0 N–H and O–H groups in total. The molecule has 0 aliphatic heterocycles. The number of rotatable bonds is 3. The summed E-state index contributed by atoms with van der Waals surface area (Å²) in [6.07, 6.45) is 4.69. The van der Waals surface area contributed by atoms with Crippen LogP contribution in [0.25, 0.3) is 0 Å². The molecule has 19 heavy (non-hydrogen) atoms. The Hall–Kier alpha value is -1.57. The van der Waals surface area contributed by atoms with Crippen molar-refractivity contribution in [1.29, 1.82) is 0 Å². The van der Waals surface area contributed by atoms with Crippen molar-refractivity contribution in [3.63, 3.8) is 0 Å². The van der Waals surface area contributed by atoms with Crippen LogP contribution >= 0.6 is 0 Å². The van der Waals surface area contributed by atoms with Crippen molar-refractivity contribution in [3.05, 3.63) is 47.5 Å². The topological polar surface area (TPSA) is 26.3 Å². The van der Waals surface area contributed by atoms with Crippen LogP contribution in [-0.4, -0.2) is 12.6 Å².